The van der Waals surface area contributed by atoms with Crippen molar-refractivity contribution in [3.05, 3.63) is 0 Å². The van der Waals surface area contributed by atoms with E-state index in [1.807, 2.05) is 0 Å². The van der Waals surface area contributed by atoms with Crippen molar-refractivity contribution < 1.29 is 4.74 Å². The van der Waals surface area contributed by atoms with Crippen molar-refractivity contribution in [3.8, 4) is 0 Å². The number of rotatable bonds is 5. The first-order valence-electron chi connectivity index (χ1n) is 7.46. The molecule has 0 aromatic heterocycles. The van der Waals surface area contributed by atoms with E-state index in [0.717, 1.165) is 45.6 Å². The molecule has 106 valence electrons. The molecule has 2 fully saturated rings. The summed E-state index contributed by atoms with van der Waals surface area (Å²) in [7, 11) is 0. The number of hydrogen-bond acceptors (Lipinski definition) is 4. The van der Waals surface area contributed by atoms with E-state index in [2.05, 4.69) is 24.1 Å². The van der Waals surface area contributed by atoms with Crippen LogP contribution in [0.25, 0.3) is 0 Å². The average Bonchev–Trinajstić information content (AvgIpc) is 2.90. The molecule has 0 saturated carbocycles. The van der Waals surface area contributed by atoms with Gasteiger partial charge in [-0.05, 0) is 39.5 Å². The van der Waals surface area contributed by atoms with Gasteiger partial charge in [-0.1, -0.05) is 0 Å². The van der Waals surface area contributed by atoms with Gasteiger partial charge in [-0.2, -0.15) is 0 Å². The van der Waals surface area contributed by atoms with E-state index in [1.54, 1.807) is 0 Å². The molecule has 0 radical (unpaired) electrons. The predicted octanol–water partition coefficient (Wildman–Crippen LogP) is 0.957. The fourth-order valence-corrected chi connectivity index (χ4v) is 3.06. The summed E-state index contributed by atoms with van der Waals surface area (Å²) in [5.74, 6) is 0. The third kappa shape index (κ3) is 3.44. The fraction of sp³-hybridized carbons (Fsp3) is 1.00. The molecule has 3 N–H and O–H groups in total. The third-order valence-corrected chi connectivity index (χ3v) is 4.60. The topological polar surface area (TPSA) is 50.5 Å². The average molecular weight is 255 g/mol. The van der Waals surface area contributed by atoms with Gasteiger partial charge in [-0.15, -0.1) is 0 Å². The fourth-order valence-electron chi connectivity index (χ4n) is 3.06. The quantitative estimate of drug-likeness (QED) is 0.768. The summed E-state index contributed by atoms with van der Waals surface area (Å²) in [5.41, 5.74) is 6.17. The SMILES string of the molecule is CC(C)N1CCC(CN)(NCC2CCCO2)CC1. The molecule has 0 aromatic carbocycles. The number of nitrogens with one attached hydrogen (secondary N) is 1. The smallest absolute Gasteiger partial charge is 0.0700 e. The largest absolute Gasteiger partial charge is 0.377 e. The molecule has 0 aliphatic carbocycles. The van der Waals surface area contributed by atoms with Crippen LogP contribution >= 0.6 is 0 Å². The highest BCUT2D eigenvalue weighted by atomic mass is 16.5. The molecule has 0 bridgehead atoms. The molecule has 2 heterocycles. The van der Waals surface area contributed by atoms with Crippen LogP contribution in [-0.2, 0) is 4.74 Å². The third-order valence-electron chi connectivity index (χ3n) is 4.60. The number of piperidine rings is 1. The Hall–Kier alpha value is -0.160. The summed E-state index contributed by atoms with van der Waals surface area (Å²) >= 11 is 0. The predicted molar refractivity (Wildman–Crippen MR) is 74.7 cm³/mol. The van der Waals surface area contributed by atoms with Gasteiger partial charge >= 0.3 is 0 Å². The van der Waals surface area contributed by atoms with E-state index < -0.39 is 0 Å². The van der Waals surface area contributed by atoms with Crippen LogP contribution in [0.2, 0.25) is 0 Å². The molecule has 18 heavy (non-hydrogen) atoms. The zero-order chi connectivity index (χ0) is 13.0. The molecular weight excluding hydrogens is 226 g/mol. The van der Waals surface area contributed by atoms with Crippen molar-refractivity contribution in [1.82, 2.24) is 10.2 Å². The molecule has 1 atom stereocenters. The van der Waals surface area contributed by atoms with E-state index in [-0.39, 0.29) is 5.54 Å². The van der Waals surface area contributed by atoms with Crippen molar-refractivity contribution >= 4 is 0 Å². The van der Waals surface area contributed by atoms with Gasteiger partial charge in [0.05, 0.1) is 6.10 Å². The van der Waals surface area contributed by atoms with Crippen LogP contribution in [0.3, 0.4) is 0 Å². The van der Waals surface area contributed by atoms with E-state index in [9.17, 15) is 0 Å². The zero-order valence-electron chi connectivity index (χ0n) is 12.0. The lowest BCUT2D eigenvalue weighted by Gasteiger charge is -2.43. The first-order valence-corrected chi connectivity index (χ1v) is 7.46. The van der Waals surface area contributed by atoms with Crippen molar-refractivity contribution in [1.29, 1.82) is 0 Å². The zero-order valence-corrected chi connectivity index (χ0v) is 12.0. The Labute approximate surface area is 111 Å². The number of likely N-dealkylation sites (tertiary alicyclic amines) is 1. The lowest BCUT2D eigenvalue weighted by atomic mass is 9.86. The second-order valence-electron chi connectivity index (χ2n) is 6.13. The summed E-state index contributed by atoms with van der Waals surface area (Å²) in [4.78, 5) is 2.54. The monoisotopic (exact) mass is 255 g/mol. The van der Waals surface area contributed by atoms with Crippen LogP contribution in [0.5, 0.6) is 0 Å². The van der Waals surface area contributed by atoms with Gasteiger partial charge in [-0.25, -0.2) is 0 Å². The van der Waals surface area contributed by atoms with Crippen LogP contribution in [0.15, 0.2) is 0 Å². The Morgan fingerprint density at radius 1 is 1.39 bits per heavy atom. The van der Waals surface area contributed by atoms with Crippen LogP contribution in [0.4, 0.5) is 0 Å². The summed E-state index contributed by atoms with van der Waals surface area (Å²) < 4.78 is 5.68. The minimum atomic E-state index is 0.150. The molecule has 2 saturated heterocycles. The van der Waals surface area contributed by atoms with E-state index >= 15 is 0 Å². The second kappa shape index (κ2) is 6.33. The Balaban J connectivity index is 1.80. The summed E-state index contributed by atoms with van der Waals surface area (Å²) in [5, 5.41) is 3.71. The van der Waals surface area contributed by atoms with Gasteiger partial charge in [0.1, 0.15) is 0 Å². The van der Waals surface area contributed by atoms with E-state index in [0.29, 0.717) is 12.1 Å². The highest BCUT2D eigenvalue weighted by Gasteiger charge is 2.34. The highest BCUT2D eigenvalue weighted by molar-refractivity contribution is 4.95. The molecule has 2 aliphatic rings. The van der Waals surface area contributed by atoms with Gasteiger partial charge in [0.2, 0.25) is 0 Å². The molecule has 2 rings (SSSR count). The Kier molecular flexibility index (Phi) is 5.01. The van der Waals surface area contributed by atoms with Crippen LogP contribution in [-0.4, -0.2) is 55.4 Å². The summed E-state index contributed by atoms with van der Waals surface area (Å²) in [6, 6.07) is 0.652. The van der Waals surface area contributed by atoms with Gasteiger partial charge < -0.3 is 20.7 Å². The maximum absolute atomic E-state index is 6.02. The van der Waals surface area contributed by atoms with Gasteiger partial charge in [0, 0.05) is 44.4 Å². The standard InChI is InChI=1S/C14H29N3O/c1-12(2)17-7-5-14(11-15,6-8-17)16-10-13-4-3-9-18-13/h12-13,16H,3-11,15H2,1-2H3. The molecule has 4 nitrogen and oxygen atoms in total. The molecule has 0 amide bonds. The van der Waals surface area contributed by atoms with Crippen molar-refractivity contribution in [2.45, 2.75) is 57.2 Å². The lowest BCUT2D eigenvalue weighted by Crippen LogP contribution is -2.59. The van der Waals surface area contributed by atoms with Gasteiger partial charge in [-0.3, -0.25) is 0 Å². The van der Waals surface area contributed by atoms with E-state index in [1.165, 1.54) is 12.8 Å². The minimum Gasteiger partial charge on any atom is -0.377 e. The molecule has 2 aliphatic heterocycles. The maximum atomic E-state index is 6.02. The Morgan fingerprint density at radius 2 is 2.11 bits per heavy atom. The normalized spacial score (nSPS) is 29.0. The van der Waals surface area contributed by atoms with Crippen LogP contribution in [0, 0.1) is 0 Å². The minimum absolute atomic E-state index is 0.150. The van der Waals surface area contributed by atoms with Gasteiger partial charge in [0.15, 0.2) is 0 Å². The summed E-state index contributed by atoms with van der Waals surface area (Å²) in [6.07, 6.45) is 5.15. The Bertz CT molecular complexity index is 243. The second-order valence-corrected chi connectivity index (χ2v) is 6.13. The molecule has 4 heteroatoms. The number of hydrogen-bond donors (Lipinski definition) is 2. The van der Waals surface area contributed by atoms with Crippen molar-refractivity contribution in [3.63, 3.8) is 0 Å². The van der Waals surface area contributed by atoms with Crippen molar-refractivity contribution in [2.24, 2.45) is 5.73 Å². The van der Waals surface area contributed by atoms with Crippen molar-refractivity contribution in [2.75, 3.05) is 32.8 Å². The van der Waals surface area contributed by atoms with Crippen LogP contribution in [0.1, 0.15) is 39.5 Å². The number of nitrogens with zero attached hydrogens (tertiary/aromatic N) is 1. The summed E-state index contributed by atoms with van der Waals surface area (Å²) in [6.45, 7) is 9.51. The maximum Gasteiger partial charge on any atom is 0.0700 e. The first kappa shape index (κ1) is 14.3. The van der Waals surface area contributed by atoms with E-state index in [4.69, 9.17) is 10.5 Å². The number of ether oxygens (including phenoxy) is 1. The molecule has 1 unspecified atom stereocenters. The molecule has 0 spiro atoms. The lowest BCUT2D eigenvalue weighted by molar-refractivity contribution is 0.0779. The van der Waals surface area contributed by atoms with Crippen LogP contribution < -0.4 is 11.1 Å². The first-order chi connectivity index (χ1) is 8.65. The highest BCUT2D eigenvalue weighted by Crippen LogP contribution is 2.23. The molecular formula is C14H29N3O. The van der Waals surface area contributed by atoms with Gasteiger partial charge in [0.25, 0.3) is 0 Å². The number of nitrogens with two attached hydrogens (primary N) is 1. The molecule has 0 aromatic rings. The Morgan fingerprint density at radius 3 is 2.61 bits per heavy atom.